The number of benzene rings is 1. The van der Waals surface area contributed by atoms with E-state index in [1.165, 1.54) is 11.3 Å². The van der Waals surface area contributed by atoms with Crippen molar-refractivity contribution in [3.8, 4) is 0 Å². The van der Waals surface area contributed by atoms with Crippen molar-refractivity contribution in [3.63, 3.8) is 0 Å². The van der Waals surface area contributed by atoms with E-state index in [9.17, 15) is 4.79 Å². The summed E-state index contributed by atoms with van der Waals surface area (Å²) < 4.78 is 0. The van der Waals surface area contributed by atoms with Crippen molar-refractivity contribution in [1.29, 1.82) is 0 Å². The molecule has 3 nitrogen and oxygen atoms in total. The number of pyridine rings is 1. The van der Waals surface area contributed by atoms with Crippen molar-refractivity contribution in [2.24, 2.45) is 0 Å². The van der Waals surface area contributed by atoms with Gasteiger partial charge < -0.3 is 5.11 Å². The summed E-state index contributed by atoms with van der Waals surface area (Å²) in [4.78, 5) is 17.8. The van der Waals surface area contributed by atoms with Crippen LogP contribution in [0.1, 0.15) is 15.4 Å². The molecule has 0 atom stereocenters. The van der Waals surface area contributed by atoms with E-state index in [0.717, 1.165) is 26.4 Å². The zero-order valence-corrected chi connectivity index (χ0v) is 12.3. The van der Waals surface area contributed by atoms with Gasteiger partial charge in [-0.05, 0) is 25.1 Å². The summed E-state index contributed by atoms with van der Waals surface area (Å²) in [6.07, 6.45) is 0. The molecule has 0 saturated carbocycles. The highest BCUT2D eigenvalue weighted by atomic mass is 32.2. The first-order valence-electron chi connectivity index (χ1n) is 5.99. The lowest BCUT2D eigenvalue weighted by Gasteiger charge is -2.06. The fourth-order valence-corrected chi connectivity index (χ4v) is 3.93. The predicted octanol–water partition coefficient (Wildman–Crippen LogP) is 4.45. The van der Waals surface area contributed by atoms with Gasteiger partial charge in [0.15, 0.2) is 0 Å². The summed E-state index contributed by atoms with van der Waals surface area (Å²) in [5.74, 6) is -0.877. The monoisotopic (exact) mass is 301 g/mol. The third-order valence-electron chi connectivity index (χ3n) is 2.82. The number of fused-ring (bicyclic) bond motifs is 1. The summed E-state index contributed by atoms with van der Waals surface area (Å²) in [6.45, 7) is 1.97. The number of aromatic nitrogens is 1. The maximum absolute atomic E-state index is 10.9. The molecule has 3 aromatic rings. The summed E-state index contributed by atoms with van der Waals surface area (Å²) in [5.41, 5.74) is 1.92. The number of thiophene rings is 1. The normalized spacial score (nSPS) is 10.8. The average Bonchev–Trinajstić information content (AvgIpc) is 2.87. The van der Waals surface area contributed by atoms with Gasteiger partial charge in [-0.1, -0.05) is 30.0 Å². The molecule has 0 aliphatic carbocycles. The number of nitrogens with zero attached hydrogens (tertiary/aromatic N) is 1. The molecule has 0 bridgehead atoms. The lowest BCUT2D eigenvalue weighted by Crippen LogP contribution is -1.90. The van der Waals surface area contributed by atoms with Crippen LogP contribution in [0.4, 0.5) is 0 Å². The first-order valence-corrected chi connectivity index (χ1v) is 7.69. The molecule has 100 valence electrons. The second-order valence-electron chi connectivity index (χ2n) is 4.33. The van der Waals surface area contributed by atoms with Crippen molar-refractivity contribution in [2.45, 2.75) is 16.7 Å². The first kappa shape index (κ1) is 13.1. The van der Waals surface area contributed by atoms with Crippen LogP contribution >= 0.6 is 23.1 Å². The molecule has 1 N–H and O–H groups in total. The quantitative estimate of drug-likeness (QED) is 0.776. The standard InChI is InChI=1S/C15H11NO2S2/c1-9-6-13(11-4-2-3-5-12(11)16-9)20-10-7-14(15(17)18)19-8-10/h2-8H,1H3,(H,17,18). The van der Waals surface area contributed by atoms with Crippen molar-refractivity contribution in [2.75, 3.05) is 0 Å². The van der Waals surface area contributed by atoms with Crippen molar-refractivity contribution in [1.82, 2.24) is 4.98 Å². The van der Waals surface area contributed by atoms with Gasteiger partial charge in [0.25, 0.3) is 0 Å². The highest BCUT2D eigenvalue weighted by Gasteiger charge is 2.10. The van der Waals surface area contributed by atoms with Crippen LogP contribution in [-0.2, 0) is 0 Å². The minimum atomic E-state index is -0.877. The minimum Gasteiger partial charge on any atom is -0.477 e. The Balaban J connectivity index is 2.03. The van der Waals surface area contributed by atoms with Crippen LogP contribution in [0.3, 0.4) is 0 Å². The number of para-hydroxylation sites is 1. The number of aromatic carboxylic acids is 1. The van der Waals surface area contributed by atoms with Gasteiger partial charge in [0.2, 0.25) is 0 Å². The van der Waals surface area contributed by atoms with Crippen LogP contribution in [0, 0.1) is 6.92 Å². The van der Waals surface area contributed by atoms with E-state index >= 15 is 0 Å². The van der Waals surface area contributed by atoms with Crippen LogP contribution < -0.4 is 0 Å². The third kappa shape index (κ3) is 2.55. The highest BCUT2D eigenvalue weighted by Crippen LogP contribution is 2.35. The maximum Gasteiger partial charge on any atom is 0.345 e. The predicted molar refractivity (Wildman–Crippen MR) is 81.9 cm³/mol. The van der Waals surface area contributed by atoms with Crippen molar-refractivity contribution in [3.05, 3.63) is 52.3 Å². The average molecular weight is 301 g/mol. The van der Waals surface area contributed by atoms with E-state index in [4.69, 9.17) is 5.11 Å². The Bertz CT molecular complexity index is 795. The molecule has 0 saturated heterocycles. The van der Waals surface area contributed by atoms with Gasteiger partial charge in [0.1, 0.15) is 4.88 Å². The largest absolute Gasteiger partial charge is 0.477 e. The summed E-state index contributed by atoms with van der Waals surface area (Å²) in [7, 11) is 0. The van der Waals surface area contributed by atoms with E-state index in [1.54, 1.807) is 17.8 Å². The smallest absolute Gasteiger partial charge is 0.345 e. The molecular formula is C15H11NO2S2. The maximum atomic E-state index is 10.9. The Morgan fingerprint density at radius 1 is 1.30 bits per heavy atom. The molecule has 0 fully saturated rings. The number of hydrogen-bond donors (Lipinski definition) is 1. The van der Waals surface area contributed by atoms with E-state index in [-0.39, 0.29) is 0 Å². The van der Waals surface area contributed by atoms with Crippen LogP contribution in [0.2, 0.25) is 0 Å². The summed E-state index contributed by atoms with van der Waals surface area (Å²) in [6, 6.07) is 11.7. The number of carbonyl (C=O) groups is 1. The number of hydrogen-bond acceptors (Lipinski definition) is 4. The third-order valence-corrected chi connectivity index (χ3v) is 4.92. The van der Waals surface area contributed by atoms with E-state index < -0.39 is 5.97 Å². The second kappa shape index (κ2) is 5.26. The van der Waals surface area contributed by atoms with Gasteiger partial charge in [0, 0.05) is 26.3 Å². The number of carboxylic acid groups (broad SMARTS) is 1. The van der Waals surface area contributed by atoms with E-state index in [2.05, 4.69) is 4.98 Å². The molecule has 0 unspecified atom stereocenters. The summed E-state index contributed by atoms with van der Waals surface area (Å²) >= 11 is 2.83. The van der Waals surface area contributed by atoms with Crippen LogP contribution in [0.5, 0.6) is 0 Å². The molecule has 2 aromatic heterocycles. The number of rotatable bonds is 3. The molecule has 0 aliphatic heterocycles. The molecule has 20 heavy (non-hydrogen) atoms. The van der Waals surface area contributed by atoms with Crippen molar-refractivity contribution >= 4 is 40.0 Å². The Morgan fingerprint density at radius 3 is 2.85 bits per heavy atom. The minimum absolute atomic E-state index is 0.364. The Hall–Kier alpha value is -1.85. The fourth-order valence-electron chi connectivity index (χ4n) is 1.97. The van der Waals surface area contributed by atoms with Crippen LogP contribution in [0.25, 0.3) is 10.9 Å². The van der Waals surface area contributed by atoms with Gasteiger partial charge in [-0.25, -0.2) is 4.79 Å². The zero-order chi connectivity index (χ0) is 14.1. The molecule has 3 rings (SSSR count). The Labute approximate surface area is 124 Å². The molecule has 0 aliphatic rings. The zero-order valence-electron chi connectivity index (χ0n) is 10.7. The topological polar surface area (TPSA) is 50.2 Å². The molecule has 0 spiro atoms. The van der Waals surface area contributed by atoms with Crippen LogP contribution in [-0.4, -0.2) is 16.1 Å². The number of carboxylic acids is 1. The molecular weight excluding hydrogens is 290 g/mol. The first-order chi connectivity index (χ1) is 9.63. The lowest BCUT2D eigenvalue weighted by molar-refractivity contribution is 0.0702. The molecule has 2 heterocycles. The van der Waals surface area contributed by atoms with Gasteiger partial charge >= 0.3 is 5.97 Å². The SMILES string of the molecule is Cc1cc(Sc2csc(C(=O)O)c2)c2ccccc2n1. The van der Waals surface area contributed by atoms with Gasteiger partial charge in [-0.2, -0.15) is 0 Å². The highest BCUT2D eigenvalue weighted by molar-refractivity contribution is 7.99. The van der Waals surface area contributed by atoms with Crippen LogP contribution in [0.15, 0.2) is 51.6 Å². The molecule has 1 aromatic carbocycles. The second-order valence-corrected chi connectivity index (χ2v) is 6.36. The van der Waals surface area contributed by atoms with Gasteiger partial charge in [0.05, 0.1) is 5.52 Å². The Morgan fingerprint density at radius 2 is 2.10 bits per heavy atom. The fraction of sp³-hybridized carbons (Fsp3) is 0.0667. The molecule has 0 radical (unpaired) electrons. The van der Waals surface area contributed by atoms with Crippen molar-refractivity contribution < 1.29 is 9.90 Å². The van der Waals surface area contributed by atoms with E-state index in [0.29, 0.717) is 4.88 Å². The Kier molecular flexibility index (Phi) is 3.46. The van der Waals surface area contributed by atoms with E-state index in [1.807, 2.05) is 42.6 Å². The lowest BCUT2D eigenvalue weighted by atomic mass is 10.2. The molecule has 0 amide bonds. The molecule has 5 heteroatoms. The van der Waals surface area contributed by atoms with Gasteiger partial charge in [-0.15, -0.1) is 11.3 Å². The van der Waals surface area contributed by atoms with Gasteiger partial charge in [-0.3, -0.25) is 4.98 Å². The summed E-state index contributed by atoms with van der Waals surface area (Å²) in [5, 5.41) is 11.9. The number of aryl methyl sites for hydroxylation is 1.